The molecule has 2 aliphatic rings. The Labute approximate surface area is 199 Å². The Morgan fingerprint density at radius 2 is 1.88 bits per heavy atom. The van der Waals surface area contributed by atoms with E-state index < -0.39 is 0 Å². The van der Waals surface area contributed by atoms with Crippen LogP contribution in [0.3, 0.4) is 0 Å². The first-order valence-corrected chi connectivity index (χ1v) is 12.0. The van der Waals surface area contributed by atoms with Gasteiger partial charge in [0.15, 0.2) is 0 Å². The Morgan fingerprint density at radius 1 is 1.03 bits per heavy atom. The van der Waals surface area contributed by atoms with Gasteiger partial charge in [-0.15, -0.1) is 0 Å². The summed E-state index contributed by atoms with van der Waals surface area (Å²) in [6.45, 7) is 3.43. The van der Waals surface area contributed by atoms with Crippen molar-refractivity contribution in [3.63, 3.8) is 0 Å². The molecule has 1 fully saturated rings. The van der Waals surface area contributed by atoms with E-state index in [2.05, 4.69) is 75.0 Å². The molecule has 0 radical (unpaired) electrons. The van der Waals surface area contributed by atoms with Crippen molar-refractivity contribution >= 4 is 22.3 Å². The molecular weight excluding hydrogens is 422 g/mol. The van der Waals surface area contributed by atoms with Gasteiger partial charge in [0.2, 0.25) is 0 Å². The molecule has 2 heterocycles. The number of morpholine rings is 1. The molecule has 3 aromatic carbocycles. The molecule has 1 saturated heterocycles. The first-order valence-electron chi connectivity index (χ1n) is 12.0. The maximum atomic E-state index is 9.24. The van der Waals surface area contributed by atoms with Crippen LogP contribution in [-0.4, -0.2) is 36.5 Å². The highest BCUT2D eigenvalue weighted by Crippen LogP contribution is 2.35. The minimum absolute atomic E-state index is 0.247. The number of nitrogens with one attached hydrogen (secondary N) is 2. The molecule has 6 nitrogen and oxygen atoms in total. The number of nitrogens with zero attached hydrogens (tertiary/aromatic N) is 3. The van der Waals surface area contributed by atoms with Crippen LogP contribution in [0.4, 0.5) is 11.4 Å². The summed E-state index contributed by atoms with van der Waals surface area (Å²) in [5.41, 5.74) is 8.74. The molecule has 6 heteroatoms. The first-order chi connectivity index (χ1) is 16.8. The Morgan fingerprint density at radius 3 is 2.71 bits per heavy atom. The second-order valence-corrected chi connectivity index (χ2v) is 9.09. The smallest absolute Gasteiger partial charge is 0.1000 e. The van der Waals surface area contributed by atoms with Gasteiger partial charge >= 0.3 is 0 Å². The van der Waals surface area contributed by atoms with Crippen LogP contribution >= 0.6 is 0 Å². The van der Waals surface area contributed by atoms with E-state index in [1.54, 1.807) is 0 Å². The van der Waals surface area contributed by atoms with Crippen LogP contribution in [0.2, 0.25) is 0 Å². The lowest BCUT2D eigenvalue weighted by Crippen LogP contribution is -2.36. The molecule has 170 valence electrons. The number of aromatic nitrogens is 2. The molecule has 0 spiro atoms. The fourth-order valence-electron chi connectivity index (χ4n) is 5.21. The highest BCUT2D eigenvalue weighted by molar-refractivity contribution is 5.95. The predicted molar refractivity (Wildman–Crippen MR) is 135 cm³/mol. The lowest BCUT2D eigenvalue weighted by Gasteiger charge is -2.28. The van der Waals surface area contributed by atoms with Gasteiger partial charge in [0.1, 0.15) is 0 Å². The molecule has 2 N–H and O–H groups in total. The van der Waals surface area contributed by atoms with E-state index >= 15 is 0 Å². The maximum absolute atomic E-state index is 9.24. The summed E-state index contributed by atoms with van der Waals surface area (Å²) in [7, 11) is 0. The number of fused-ring (bicyclic) bond motifs is 2. The lowest BCUT2D eigenvalue weighted by atomic mass is 9.86. The second-order valence-electron chi connectivity index (χ2n) is 9.09. The molecule has 1 atom stereocenters. The zero-order chi connectivity index (χ0) is 22.9. The van der Waals surface area contributed by atoms with Crippen molar-refractivity contribution in [2.75, 3.05) is 36.5 Å². The average Bonchev–Trinajstić information content (AvgIpc) is 3.32. The van der Waals surface area contributed by atoms with Crippen LogP contribution in [0.5, 0.6) is 0 Å². The third kappa shape index (κ3) is 3.89. The number of benzene rings is 3. The number of hydrogen-bond donors (Lipinski definition) is 2. The van der Waals surface area contributed by atoms with Crippen molar-refractivity contribution in [2.24, 2.45) is 0 Å². The van der Waals surface area contributed by atoms with Gasteiger partial charge in [-0.05, 0) is 72.9 Å². The van der Waals surface area contributed by atoms with E-state index in [9.17, 15) is 5.26 Å². The fourth-order valence-corrected chi connectivity index (χ4v) is 5.21. The monoisotopic (exact) mass is 449 g/mol. The van der Waals surface area contributed by atoms with E-state index in [0.717, 1.165) is 79.0 Å². The molecule has 34 heavy (non-hydrogen) atoms. The van der Waals surface area contributed by atoms with Gasteiger partial charge in [0.05, 0.1) is 42.1 Å². The highest BCUT2D eigenvalue weighted by Gasteiger charge is 2.21. The second kappa shape index (κ2) is 8.85. The summed E-state index contributed by atoms with van der Waals surface area (Å²) in [5.74, 6) is 0. The molecule has 0 bridgehead atoms. The number of aromatic amines is 1. The van der Waals surface area contributed by atoms with Crippen molar-refractivity contribution in [2.45, 2.75) is 25.3 Å². The predicted octanol–water partition coefficient (Wildman–Crippen LogP) is 5.43. The van der Waals surface area contributed by atoms with Gasteiger partial charge in [-0.25, -0.2) is 0 Å². The summed E-state index contributed by atoms with van der Waals surface area (Å²) in [4.78, 5) is 2.36. The summed E-state index contributed by atoms with van der Waals surface area (Å²) < 4.78 is 5.47. The fraction of sp³-hybridized carbons (Fsp3) is 0.286. The summed E-state index contributed by atoms with van der Waals surface area (Å²) in [5, 5.41) is 21.9. The van der Waals surface area contributed by atoms with Crippen LogP contribution < -0.4 is 10.2 Å². The Kier molecular flexibility index (Phi) is 5.40. The maximum Gasteiger partial charge on any atom is 0.1000 e. The topological polar surface area (TPSA) is 77.0 Å². The quantitative estimate of drug-likeness (QED) is 0.435. The molecule has 4 aromatic rings. The standard InChI is InChI=1S/C28H27N5O/c29-18-19-4-10-24-21(16-19)2-1-3-26(24)30-22-7-11-27-25(17-22)28(32-31-27)20-5-8-23(9-6-20)33-12-14-34-15-13-33/h4-11,16-17,26,30H,1-3,12-15H2,(H,31,32). The van der Waals surface area contributed by atoms with Gasteiger partial charge < -0.3 is 15.0 Å². The Bertz CT molecular complexity index is 1360. The van der Waals surface area contributed by atoms with Crippen molar-refractivity contribution in [3.8, 4) is 17.3 Å². The number of ether oxygens (including phenoxy) is 1. The number of H-pyrrole nitrogens is 1. The molecule has 0 amide bonds. The van der Waals surface area contributed by atoms with Gasteiger partial charge in [-0.2, -0.15) is 10.4 Å². The largest absolute Gasteiger partial charge is 0.378 e. The van der Waals surface area contributed by atoms with E-state index in [1.165, 1.54) is 16.8 Å². The van der Waals surface area contributed by atoms with Gasteiger partial charge in [-0.3, -0.25) is 5.10 Å². The van der Waals surface area contributed by atoms with E-state index in [1.807, 2.05) is 12.1 Å². The van der Waals surface area contributed by atoms with Crippen LogP contribution in [0.25, 0.3) is 22.2 Å². The minimum atomic E-state index is 0.247. The summed E-state index contributed by atoms with van der Waals surface area (Å²) in [6.07, 6.45) is 3.24. The third-order valence-electron chi connectivity index (χ3n) is 7.01. The Hall–Kier alpha value is -3.82. The normalized spacial score (nSPS) is 17.9. The Balaban J connectivity index is 1.27. The molecule has 0 saturated carbocycles. The first kappa shape index (κ1) is 20.8. The van der Waals surface area contributed by atoms with Gasteiger partial charge in [-0.1, -0.05) is 18.2 Å². The lowest BCUT2D eigenvalue weighted by molar-refractivity contribution is 0.122. The number of aryl methyl sites for hydroxylation is 1. The van der Waals surface area contributed by atoms with Gasteiger partial charge in [0, 0.05) is 35.4 Å². The molecule has 1 aromatic heterocycles. The highest BCUT2D eigenvalue weighted by atomic mass is 16.5. The minimum Gasteiger partial charge on any atom is -0.378 e. The molecule has 1 aliphatic carbocycles. The summed E-state index contributed by atoms with van der Waals surface area (Å²) in [6, 6.07) is 23.7. The number of hydrogen-bond acceptors (Lipinski definition) is 5. The van der Waals surface area contributed by atoms with E-state index in [0.29, 0.717) is 0 Å². The summed E-state index contributed by atoms with van der Waals surface area (Å²) >= 11 is 0. The zero-order valence-electron chi connectivity index (χ0n) is 19.1. The van der Waals surface area contributed by atoms with Crippen molar-refractivity contribution in [3.05, 3.63) is 77.4 Å². The van der Waals surface area contributed by atoms with E-state index in [-0.39, 0.29) is 6.04 Å². The van der Waals surface area contributed by atoms with Crippen LogP contribution in [-0.2, 0) is 11.2 Å². The van der Waals surface area contributed by atoms with Gasteiger partial charge in [0.25, 0.3) is 0 Å². The van der Waals surface area contributed by atoms with E-state index in [4.69, 9.17) is 4.74 Å². The molecule has 6 rings (SSSR count). The third-order valence-corrected chi connectivity index (χ3v) is 7.01. The van der Waals surface area contributed by atoms with Crippen molar-refractivity contribution in [1.29, 1.82) is 5.26 Å². The number of rotatable bonds is 4. The van der Waals surface area contributed by atoms with Crippen molar-refractivity contribution < 1.29 is 4.74 Å². The molecule has 1 aliphatic heterocycles. The zero-order valence-corrected chi connectivity index (χ0v) is 19.1. The number of nitriles is 1. The molecule has 1 unspecified atom stereocenters. The average molecular weight is 450 g/mol. The number of anilines is 2. The van der Waals surface area contributed by atoms with Crippen LogP contribution in [0.1, 0.15) is 35.6 Å². The van der Waals surface area contributed by atoms with Crippen LogP contribution in [0, 0.1) is 11.3 Å². The van der Waals surface area contributed by atoms with Crippen LogP contribution in [0.15, 0.2) is 60.7 Å². The molecular formula is C28H27N5O. The SMILES string of the molecule is N#Cc1ccc2c(c1)CCCC2Nc1ccc2[nH]nc(-c3ccc(N4CCOCC4)cc3)c2c1. The van der Waals surface area contributed by atoms with Crippen molar-refractivity contribution in [1.82, 2.24) is 10.2 Å².